The Morgan fingerprint density at radius 1 is 1.32 bits per heavy atom. The van der Waals surface area contributed by atoms with E-state index < -0.39 is 6.10 Å². The van der Waals surface area contributed by atoms with Gasteiger partial charge >= 0.3 is 0 Å². The SMILES string of the molecule is COCCN(c1nc(C)c(C(C)O)s1)C(C)COC. The Morgan fingerprint density at radius 2 is 2.00 bits per heavy atom. The molecule has 0 aliphatic heterocycles. The Balaban J connectivity index is 2.92. The number of ether oxygens (including phenoxy) is 2. The third kappa shape index (κ3) is 4.42. The van der Waals surface area contributed by atoms with E-state index in [0.29, 0.717) is 13.2 Å². The van der Waals surface area contributed by atoms with E-state index in [1.807, 2.05) is 6.92 Å². The maximum Gasteiger partial charge on any atom is 0.186 e. The second-order valence-electron chi connectivity index (χ2n) is 4.61. The zero-order valence-electron chi connectivity index (χ0n) is 12.3. The van der Waals surface area contributed by atoms with Gasteiger partial charge in [0.05, 0.1) is 35.9 Å². The predicted octanol–water partition coefficient (Wildman–Crippen LogP) is 1.99. The first-order chi connectivity index (χ1) is 9.01. The zero-order chi connectivity index (χ0) is 14.4. The van der Waals surface area contributed by atoms with E-state index in [4.69, 9.17) is 9.47 Å². The van der Waals surface area contributed by atoms with E-state index in [1.165, 1.54) is 11.3 Å². The summed E-state index contributed by atoms with van der Waals surface area (Å²) in [5.74, 6) is 0. The summed E-state index contributed by atoms with van der Waals surface area (Å²) in [7, 11) is 3.38. The van der Waals surface area contributed by atoms with Crippen LogP contribution in [-0.2, 0) is 9.47 Å². The van der Waals surface area contributed by atoms with Gasteiger partial charge in [0.1, 0.15) is 0 Å². The molecule has 0 fully saturated rings. The Bertz CT molecular complexity index is 382. The third-order valence-corrected chi connectivity index (χ3v) is 4.29. The van der Waals surface area contributed by atoms with E-state index in [-0.39, 0.29) is 6.04 Å². The number of thiazole rings is 1. The highest BCUT2D eigenvalue weighted by Crippen LogP contribution is 2.31. The second-order valence-corrected chi connectivity index (χ2v) is 5.62. The van der Waals surface area contributed by atoms with Crippen LogP contribution in [0.15, 0.2) is 0 Å². The summed E-state index contributed by atoms with van der Waals surface area (Å²) in [6, 6.07) is 0.215. The van der Waals surface area contributed by atoms with Gasteiger partial charge in [0, 0.05) is 20.8 Å². The Kier molecular flexibility index (Phi) is 6.71. The van der Waals surface area contributed by atoms with Gasteiger partial charge < -0.3 is 19.5 Å². The lowest BCUT2D eigenvalue weighted by atomic mass is 10.3. The number of aliphatic hydroxyl groups excluding tert-OH is 1. The summed E-state index contributed by atoms with van der Waals surface area (Å²) in [6.07, 6.45) is -0.478. The largest absolute Gasteiger partial charge is 0.388 e. The molecule has 0 bridgehead atoms. The first-order valence-corrected chi connectivity index (χ1v) is 7.22. The van der Waals surface area contributed by atoms with Crippen LogP contribution in [0, 0.1) is 6.92 Å². The van der Waals surface area contributed by atoms with E-state index >= 15 is 0 Å². The second kappa shape index (κ2) is 7.79. The Morgan fingerprint density at radius 3 is 2.47 bits per heavy atom. The molecule has 19 heavy (non-hydrogen) atoms. The first kappa shape index (κ1) is 16.4. The van der Waals surface area contributed by atoms with Crippen molar-refractivity contribution in [3.63, 3.8) is 0 Å². The standard InChI is InChI=1S/C13H24N2O3S/c1-9(8-18-5)15(6-7-17-4)13-14-10(2)12(19-13)11(3)16/h9,11,16H,6-8H2,1-5H3. The minimum Gasteiger partial charge on any atom is -0.388 e. The van der Waals surface area contributed by atoms with Crippen LogP contribution in [0.5, 0.6) is 0 Å². The van der Waals surface area contributed by atoms with Gasteiger partial charge in [-0.2, -0.15) is 0 Å². The van der Waals surface area contributed by atoms with Crippen molar-refractivity contribution in [1.29, 1.82) is 0 Å². The molecule has 5 nitrogen and oxygen atoms in total. The fraction of sp³-hybridized carbons (Fsp3) is 0.769. The quantitative estimate of drug-likeness (QED) is 0.793. The minimum absolute atomic E-state index is 0.215. The summed E-state index contributed by atoms with van der Waals surface area (Å²) in [4.78, 5) is 7.64. The molecule has 110 valence electrons. The molecule has 0 spiro atoms. The van der Waals surface area contributed by atoms with Gasteiger partial charge in [-0.1, -0.05) is 11.3 Å². The number of methoxy groups -OCH3 is 2. The van der Waals surface area contributed by atoms with Crippen LogP contribution >= 0.6 is 11.3 Å². The maximum absolute atomic E-state index is 9.72. The number of aliphatic hydroxyl groups is 1. The van der Waals surface area contributed by atoms with Gasteiger partial charge in [0.15, 0.2) is 5.13 Å². The number of aromatic nitrogens is 1. The molecule has 1 aromatic heterocycles. The summed E-state index contributed by atoms with van der Waals surface area (Å²) >= 11 is 1.53. The normalized spacial score (nSPS) is 14.4. The highest BCUT2D eigenvalue weighted by molar-refractivity contribution is 7.15. The van der Waals surface area contributed by atoms with Gasteiger partial charge in [0.25, 0.3) is 0 Å². The van der Waals surface area contributed by atoms with Crippen molar-refractivity contribution in [2.24, 2.45) is 0 Å². The summed E-state index contributed by atoms with van der Waals surface area (Å²) in [5, 5.41) is 10.6. The molecule has 0 saturated heterocycles. The summed E-state index contributed by atoms with van der Waals surface area (Å²) in [5.41, 5.74) is 0.891. The molecule has 6 heteroatoms. The van der Waals surface area contributed by atoms with Gasteiger partial charge in [-0.25, -0.2) is 4.98 Å². The molecule has 0 aliphatic carbocycles. The van der Waals surface area contributed by atoms with Crippen LogP contribution in [0.1, 0.15) is 30.5 Å². The lowest BCUT2D eigenvalue weighted by molar-refractivity contribution is 0.171. The Labute approximate surface area is 119 Å². The van der Waals surface area contributed by atoms with E-state index in [1.54, 1.807) is 21.1 Å². The number of nitrogens with zero attached hydrogens (tertiary/aromatic N) is 2. The van der Waals surface area contributed by atoms with Gasteiger partial charge in [-0.05, 0) is 20.8 Å². The fourth-order valence-corrected chi connectivity index (χ4v) is 3.06. The van der Waals surface area contributed by atoms with Crippen LogP contribution < -0.4 is 4.90 Å². The van der Waals surface area contributed by atoms with Crippen molar-refractivity contribution in [1.82, 2.24) is 4.98 Å². The molecule has 1 aromatic rings. The molecule has 1 heterocycles. The lowest BCUT2D eigenvalue weighted by Gasteiger charge is -2.28. The van der Waals surface area contributed by atoms with Crippen molar-refractivity contribution in [2.45, 2.75) is 32.9 Å². The zero-order valence-corrected chi connectivity index (χ0v) is 13.2. The summed E-state index contributed by atoms with van der Waals surface area (Å²) < 4.78 is 10.4. The molecule has 0 amide bonds. The molecule has 1 N–H and O–H groups in total. The monoisotopic (exact) mass is 288 g/mol. The highest BCUT2D eigenvalue weighted by Gasteiger charge is 2.20. The van der Waals surface area contributed by atoms with Crippen LogP contribution in [0.3, 0.4) is 0 Å². The smallest absolute Gasteiger partial charge is 0.186 e. The van der Waals surface area contributed by atoms with Crippen molar-refractivity contribution >= 4 is 16.5 Å². The fourth-order valence-electron chi connectivity index (χ4n) is 1.93. The van der Waals surface area contributed by atoms with Gasteiger partial charge in [-0.15, -0.1) is 0 Å². The lowest BCUT2D eigenvalue weighted by Crippen LogP contribution is -2.38. The predicted molar refractivity (Wildman–Crippen MR) is 78.0 cm³/mol. The highest BCUT2D eigenvalue weighted by atomic mass is 32.1. The number of hydrogen-bond donors (Lipinski definition) is 1. The molecule has 0 radical (unpaired) electrons. The van der Waals surface area contributed by atoms with Gasteiger partial charge in [0.2, 0.25) is 0 Å². The molecule has 0 saturated carbocycles. The van der Waals surface area contributed by atoms with Crippen molar-refractivity contribution in [3.8, 4) is 0 Å². The van der Waals surface area contributed by atoms with Crippen LogP contribution in [0.2, 0.25) is 0 Å². The molecule has 0 aliphatic rings. The van der Waals surface area contributed by atoms with Crippen LogP contribution in [0.25, 0.3) is 0 Å². The third-order valence-electron chi connectivity index (χ3n) is 2.92. The average Bonchev–Trinajstić information content (AvgIpc) is 2.72. The van der Waals surface area contributed by atoms with Gasteiger partial charge in [-0.3, -0.25) is 0 Å². The maximum atomic E-state index is 9.72. The number of rotatable bonds is 8. The first-order valence-electron chi connectivity index (χ1n) is 6.41. The van der Waals surface area contributed by atoms with Crippen molar-refractivity contribution in [2.75, 3.05) is 38.9 Å². The van der Waals surface area contributed by atoms with Crippen molar-refractivity contribution < 1.29 is 14.6 Å². The summed E-state index contributed by atoms with van der Waals surface area (Å²) in [6.45, 7) is 7.81. The number of aryl methyl sites for hydroxylation is 1. The van der Waals surface area contributed by atoms with Crippen molar-refractivity contribution in [3.05, 3.63) is 10.6 Å². The molecule has 1 rings (SSSR count). The number of anilines is 1. The van der Waals surface area contributed by atoms with Crippen LogP contribution in [0.4, 0.5) is 5.13 Å². The van der Waals surface area contributed by atoms with E-state index in [0.717, 1.165) is 22.2 Å². The Hall–Kier alpha value is -0.690. The molecule has 0 aromatic carbocycles. The number of hydrogen-bond acceptors (Lipinski definition) is 6. The molecule has 2 atom stereocenters. The topological polar surface area (TPSA) is 54.8 Å². The molecule has 2 unspecified atom stereocenters. The van der Waals surface area contributed by atoms with E-state index in [2.05, 4.69) is 16.8 Å². The molecular weight excluding hydrogens is 264 g/mol. The molecular formula is C13H24N2O3S. The van der Waals surface area contributed by atoms with Crippen LogP contribution in [-0.4, -0.2) is 50.1 Å². The average molecular weight is 288 g/mol. The minimum atomic E-state index is -0.478. The van der Waals surface area contributed by atoms with E-state index in [9.17, 15) is 5.11 Å².